The third-order valence-corrected chi connectivity index (χ3v) is 12.1. The van der Waals surface area contributed by atoms with E-state index in [1.165, 1.54) is 94.2 Å². The second kappa shape index (κ2) is 29.9. The molecule has 0 saturated carbocycles. The van der Waals surface area contributed by atoms with Crippen LogP contribution >= 0.6 is 0 Å². The molecule has 0 aliphatic rings. The summed E-state index contributed by atoms with van der Waals surface area (Å²) in [4.78, 5) is 33.2. The lowest BCUT2D eigenvalue weighted by Gasteiger charge is -2.09. The van der Waals surface area contributed by atoms with Gasteiger partial charge in [0.2, 0.25) is 0 Å². The molecule has 11 nitrogen and oxygen atoms in total. The molecule has 0 heterocycles. The molecule has 5 rings (SSSR count). The van der Waals surface area contributed by atoms with Crippen LogP contribution in [0.2, 0.25) is 0 Å². The molecule has 0 atom stereocenters. The van der Waals surface area contributed by atoms with E-state index in [0.717, 1.165) is 92.4 Å². The fourth-order valence-corrected chi connectivity index (χ4v) is 8.13. The van der Waals surface area contributed by atoms with Crippen LogP contribution in [0.1, 0.15) is 150 Å². The first-order valence-electron chi connectivity index (χ1n) is 24.5. The van der Waals surface area contributed by atoms with Gasteiger partial charge in [-0.05, 0) is 102 Å². The topological polar surface area (TPSA) is 155 Å². The predicted octanol–water partition coefficient (Wildman–Crippen LogP) is 15.4. The molecule has 0 saturated heterocycles. The number of carbonyl (C=O) groups is 1. The molecule has 0 N–H and O–H groups in total. The van der Waals surface area contributed by atoms with Crippen LogP contribution < -0.4 is 9.47 Å². The Bertz CT molecular complexity index is 2270. The fraction of sp³-hybridized carbons (Fsp3) is 0.429. The van der Waals surface area contributed by atoms with E-state index in [4.69, 9.17) is 19.5 Å². The highest BCUT2D eigenvalue weighted by Crippen LogP contribution is 2.31. The first-order valence-corrected chi connectivity index (χ1v) is 24.5. The van der Waals surface area contributed by atoms with E-state index in [9.17, 15) is 25.0 Å². The van der Waals surface area contributed by atoms with Crippen molar-refractivity contribution in [2.75, 3.05) is 19.8 Å². The number of nitro benzene ring substituents is 2. The SMILES string of the molecule is N#Cc1ccc(-c2ccc(CCCCCCCCCCCCOC(=O)c3ccc(-c4ccc(OCCCCCCCCCCCCOc5ccc([N+](=O)[O-])c([N+](=O)[O-])c5)cc4)cc3)cc2)cc1. The number of nitriles is 1. The van der Waals surface area contributed by atoms with Crippen LogP contribution in [0.5, 0.6) is 11.5 Å². The Morgan fingerprint density at radius 1 is 0.448 bits per heavy atom. The van der Waals surface area contributed by atoms with Crippen molar-refractivity contribution < 1.29 is 28.9 Å². The summed E-state index contributed by atoms with van der Waals surface area (Å²) in [6.45, 7) is 1.56. The largest absolute Gasteiger partial charge is 0.494 e. The van der Waals surface area contributed by atoms with Gasteiger partial charge >= 0.3 is 17.3 Å². The fourth-order valence-electron chi connectivity index (χ4n) is 8.13. The van der Waals surface area contributed by atoms with Gasteiger partial charge in [0.1, 0.15) is 11.5 Å². The Labute approximate surface area is 396 Å². The van der Waals surface area contributed by atoms with Crippen molar-refractivity contribution in [1.29, 1.82) is 5.26 Å². The molecule has 11 heteroatoms. The second-order valence-electron chi connectivity index (χ2n) is 17.3. The molecule has 0 radical (unpaired) electrons. The monoisotopic (exact) mass is 909 g/mol. The molecule has 0 aromatic heterocycles. The van der Waals surface area contributed by atoms with Gasteiger partial charge in [0.15, 0.2) is 0 Å². The molecule has 0 aliphatic carbocycles. The standard InChI is InChI=1S/C56H67N3O8/c57-44-46-24-28-48(29-25-46)47-26-22-45(23-27-47)21-17-13-9-5-1-2-8-12-16-20-42-67-56(60)51-32-30-49(31-33-51)50-34-36-52(37-35-50)65-40-18-14-10-6-3-4-7-11-15-19-41-66-53-38-39-54(58(61)62)55(43-53)59(63)64/h22-39,43H,1-21,40-42H2. The minimum Gasteiger partial charge on any atom is -0.494 e. The third-order valence-electron chi connectivity index (χ3n) is 12.1. The van der Waals surface area contributed by atoms with Crippen molar-refractivity contribution in [2.24, 2.45) is 0 Å². The Hall–Kier alpha value is -6.54. The zero-order valence-electron chi connectivity index (χ0n) is 39.0. The lowest BCUT2D eigenvalue weighted by Crippen LogP contribution is -2.06. The average molecular weight is 910 g/mol. The lowest BCUT2D eigenvalue weighted by atomic mass is 10.00. The maximum absolute atomic E-state index is 12.6. The van der Waals surface area contributed by atoms with Gasteiger partial charge in [0.05, 0.1) is 52.9 Å². The number of rotatable bonds is 33. The summed E-state index contributed by atoms with van der Waals surface area (Å²) >= 11 is 0. The molecule has 5 aromatic rings. The molecule has 0 aliphatic heterocycles. The van der Waals surface area contributed by atoms with Crippen LogP contribution in [0.4, 0.5) is 11.4 Å². The summed E-state index contributed by atoms with van der Waals surface area (Å²) in [5.41, 5.74) is 5.97. The Balaban J connectivity index is 0.795. The van der Waals surface area contributed by atoms with E-state index in [2.05, 4.69) is 30.3 Å². The number of nitro groups is 2. The molecular formula is C56H67N3O8. The van der Waals surface area contributed by atoms with Gasteiger partial charge in [0, 0.05) is 6.07 Å². The van der Waals surface area contributed by atoms with E-state index in [0.29, 0.717) is 30.9 Å². The molecule has 0 spiro atoms. The molecular weight excluding hydrogens is 843 g/mol. The second-order valence-corrected chi connectivity index (χ2v) is 17.3. The number of hydrogen-bond acceptors (Lipinski definition) is 9. The maximum Gasteiger partial charge on any atom is 0.349 e. The lowest BCUT2D eigenvalue weighted by molar-refractivity contribution is -0.422. The smallest absolute Gasteiger partial charge is 0.349 e. The van der Waals surface area contributed by atoms with Crippen molar-refractivity contribution in [2.45, 2.75) is 135 Å². The quantitative estimate of drug-likeness (QED) is 0.0173. The summed E-state index contributed by atoms with van der Waals surface area (Å²) in [6.07, 6.45) is 24.2. The van der Waals surface area contributed by atoms with Crippen molar-refractivity contribution in [3.63, 3.8) is 0 Å². The first kappa shape index (κ1) is 51.4. The minimum atomic E-state index is -0.763. The molecule has 0 unspecified atom stereocenters. The van der Waals surface area contributed by atoms with Crippen LogP contribution in [0.15, 0.2) is 115 Å². The summed E-state index contributed by atoms with van der Waals surface area (Å²) in [7, 11) is 0. The number of nitrogens with zero attached hydrogens (tertiary/aromatic N) is 3. The van der Waals surface area contributed by atoms with Gasteiger partial charge in [-0.2, -0.15) is 5.26 Å². The molecule has 67 heavy (non-hydrogen) atoms. The maximum atomic E-state index is 12.6. The van der Waals surface area contributed by atoms with Crippen LogP contribution in [0.3, 0.4) is 0 Å². The van der Waals surface area contributed by atoms with Crippen LogP contribution in [0, 0.1) is 31.6 Å². The third kappa shape index (κ3) is 19.1. The van der Waals surface area contributed by atoms with Gasteiger partial charge < -0.3 is 14.2 Å². The molecule has 0 amide bonds. The molecule has 0 fully saturated rings. The zero-order chi connectivity index (χ0) is 47.3. The number of aryl methyl sites for hydroxylation is 1. The van der Waals surface area contributed by atoms with Crippen molar-refractivity contribution in [1.82, 2.24) is 0 Å². The number of carbonyl (C=O) groups excluding carboxylic acids is 1. The Morgan fingerprint density at radius 3 is 1.31 bits per heavy atom. The van der Waals surface area contributed by atoms with Gasteiger partial charge in [-0.25, -0.2) is 4.79 Å². The van der Waals surface area contributed by atoms with Gasteiger partial charge in [-0.3, -0.25) is 20.2 Å². The molecule has 5 aromatic carbocycles. The van der Waals surface area contributed by atoms with Gasteiger partial charge in [0.25, 0.3) is 0 Å². The van der Waals surface area contributed by atoms with E-state index < -0.39 is 21.2 Å². The molecule has 0 bridgehead atoms. The molecule has 354 valence electrons. The van der Waals surface area contributed by atoms with Crippen molar-refractivity contribution in [3.8, 4) is 39.8 Å². The van der Waals surface area contributed by atoms with E-state index in [1.807, 2.05) is 72.8 Å². The normalized spacial score (nSPS) is 10.9. The number of esters is 1. The summed E-state index contributed by atoms with van der Waals surface area (Å²) < 4.78 is 17.1. The number of unbranched alkanes of at least 4 members (excludes halogenated alkanes) is 18. The van der Waals surface area contributed by atoms with Crippen LogP contribution in [0.25, 0.3) is 22.3 Å². The summed E-state index contributed by atoms with van der Waals surface area (Å²) in [5, 5.41) is 31.1. The van der Waals surface area contributed by atoms with Gasteiger partial charge in [-0.15, -0.1) is 0 Å². The van der Waals surface area contributed by atoms with Gasteiger partial charge in [-0.1, -0.05) is 163 Å². The Kier molecular flexibility index (Phi) is 22.9. The predicted molar refractivity (Wildman–Crippen MR) is 266 cm³/mol. The van der Waals surface area contributed by atoms with E-state index >= 15 is 0 Å². The number of ether oxygens (including phenoxy) is 3. The number of hydrogen-bond donors (Lipinski definition) is 0. The zero-order valence-corrected chi connectivity index (χ0v) is 39.0. The van der Waals surface area contributed by atoms with Crippen molar-refractivity contribution >= 4 is 17.3 Å². The van der Waals surface area contributed by atoms with Crippen LogP contribution in [-0.2, 0) is 11.2 Å². The summed E-state index contributed by atoms with van der Waals surface area (Å²) in [5.74, 6) is 0.857. The van der Waals surface area contributed by atoms with Crippen LogP contribution in [-0.4, -0.2) is 35.6 Å². The average Bonchev–Trinajstić information content (AvgIpc) is 3.35. The minimum absolute atomic E-state index is 0.270. The first-order chi connectivity index (χ1) is 32.8. The Morgan fingerprint density at radius 2 is 0.836 bits per heavy atom. The van der Waals surface area contributed by atoms with E-state index in [1.54, 1.807) is 0 Å². The summed E-state index contributed by atoms with van der Waals surface area (Å²) in [6, 6.07) is 38.0. The highest BCUT2D eigenvalue weighted by Gasteiger charge is 2.24. The van der Waals surface area contributed by atoms with E-state index in [-0.39, 0.29) is 11.7 Å². The highest BCUT2D eigenvalue weighted by molar-refractivity contribution is 5.90. The highest BCUT2D eigenvalue weighted by atomic mass is 16.6. The number of benzene rings is 5. The van der Waals surface area contributed by atoms with Crippen molar-refractivity contribution in [3.05, 3.63) is 152 Å².